The first kappa shape index (κ1) is 18.6. The molecule has 0 amide bonds. The van der Waals surface area contributed by atoms with Gasteiger partial charge in [0.1, 0.15) is 17.0 Å². The van der Waals surface area contributed by atoms with Crippen LogP contribution in [0.15, 0.2) is 41.1 Å². The lowest BCUT2D eigenvalue weighted by molar-refractivity contribution is 0.120. The standard InChI is InChI=1S/C23H24FN5O2/c24-16-11-18-19(14-26-22(18)25-13-16)15-3-5-28(6-4-15)17-1-2-21-20(12-17)27-23(31-21)29-7-9-30-10-8-29/h1-2,11-15H,3-10H2,(H,25,26). The van der Waals surface area contributed by atoms with Crippen LogP contribution < -0.4 is 9.80 Å². The van der Waals surface area contributed by atoms with Crippen LogP contribution in [0.5, 0.6) is 0 Å². The molecule has 31 heavy (non-hydrogen) atoms. The van der Waals surface area contributed by atoms with E-state index in [0.717, 1.165) is 61.2 Å². The first-order chi connectivity index (χ1) is 15.2. The topological polar surface area (TPSA) is 70.4 Å². The average molecular weight is 421 g/mol. The fraction of sp³-hybridized carbons (Fsp3) is 0.391. The predicted molar refractivity (Wildman–Crippen MR) is 117 cm³/mol. The van der Waals surface area contributed by atoms with Crippen molar-refractivity contribution in [3.05, 3.63) is 48.0 Å². The Morgan fingerprint density at radius 2 is 1.87 bits per heavy atom. The van der Waals surface area contributed by atoms with Crippen LogP contribution in [0.1, 0.15) is 24.3 Å². The Morgan fingerprint density at radius 3 is 2.71 bits per heavy atom. The zero-order valence-corrected chi connectivity index (χ0v) is 17.2. The number of nitrogens with zero attached hydrogens (tertiary/aromatic N) is 4. The summed E-state index contributed by atoms with van der Waals surface area (Å²) in [6.07, 6.45) is 5.28. The molecule has 3 aromatic heterocycles. The summed E-state index contributed by atoms with van der Waals surface area (Å²) in [4.78, 5) is 16.6. The molecule has 0 saturated carbocycles. The molecule has 7 nitrogen and oxygen atoms in total. The number of benzene rings is 1. The van der Waals surface area contributed by atoms with Gasteiger partial charge in [-0.05, 0) is 48.6 Å². The molecule has 0 bridgehead atoms. The summed E-state index contributed by atoms with van der Waals surface area (Å²) in [6.45, 7) is 4.91. The van der Waals surface area contributed by atoms with Crippen molar-refractivity contribution < 1.29 is 13.5 Å². The van der Waals surface area contributed by atoms with Gasteiger partial charge in [-0.2, -0.15) is 4.98 Å². The van der Waals surface area contributed by atoms with Crippen molar-refractivity contribution >= 4 is 33.8 Å². The summed E-state index contributed by atoms with van der Waals surface area (Å²) < 4.78 is 25.1. The van der Waals surface area contributed by atoms with Gasteiger partial charge in [-0.15, -0.1) is 0 Å². The largest absolute Gasteiger partial charge is 0.423 e. The second-order valence-electron chi connectivity index (χ2n) is 8.30. The quantitative estimate of drug-likeness (QED) is 0.538. The number of piperidine rings is 1. The van der Waals surface area contributed by atoms with Gasteiger partial charge in [0.15, 0.2) is 5.58 Å². The molecular weight excluding hydrogens is 397 g/mol. The van der Waals surface area contributed by atoms with Gasteiger partial charge in [0.05, 0.1) is 19.4 Å². The summed E-state index contributed by atoms with van der Waals surface area (Å²) in [5.74, 6) is 0.112. The highest BCUT2D eigenvalue weighted by molar-refractivity contribution is 5.81. The van der Waals surface area contributed by atoms with E-state index in [9.17, 15) is 4.39 Å². The number of oxazole rings is 1. The summed E-state index contributed by atoms with van der Waals surface area (Å²) in [6, 6.07) is 8.51. The lowest BCUT2D eigenvalue weighted by Gasteiger charge is -2.33. The van der Waals surface area contributed by atoms with Crippen LogP contribution in [0.4, 0.5) is 16.1 Å². The van der Waals surface area contributed by atoms with Crippen LogP contribution in [0.25, 0.3) is 22.1 Å². The van der Waals surface area contributed by atoms with E-state index in [-0.39, 0.29) is 5.82 Å². The third kappa shape index (κ3) is 3.40. The Hall–Kier alpha value is -3.13. The van der Waals surface area contributed by atoms with Gasteiger partial charge < -0.3 is 23.9 Å². The highest BCUT2D eigenvalue weighted by atomic mass is 19.1. The zero-order chi connectivity index (χ0) is 20.8. The Bertz CT molecular complexity index is 1220. The number of hydrogen-bond donors (Lipinski definition) is 1. The van der Waals surface area contributed by atoms with Gasteiger partial charge >= 0.3 is 0 Å². The second kappa shape index (κ2) is 7.53. The average Bonchev–Trinajstić information content (AvgIpc) is 3.43. The van der Waals surface area contributed by atoms with Crippen LogP contribution in [-0.2, 0) is 4.74 Å². The number of aromatic amines is 1. The summed E-state index contributed by atoms with van der Waals surface area (Å²) in [5, 5.41) is 0.901. The SMILES string of the molecule is Fc1cnc2[nH]cc(C3CCN(c4ccc5oc(N6CCOCC6)nc5c4)CC3)c2c1. The molecule has 0 aliphatic carbocycles. The third-order valence-electron chi connectivity index (χ3n) is 6.47. The number of ether oxygens (including phenoxy) is 1. The molecule has 0 spiro atoms. The van der Waals surface area contributed by atoms with E-state index >= 15 is 0 Å². The number of morpholine rings is 1. The zero-order valence-electron chi connectivity index (χ0n) is 17.2. The van der Waals surface area contributed by atoms with E-state index in [0.29, 0.717) is 25.1 Å². The Kier molecular flexibility index (Phi) is 4.52. The van der Waals surface area contributed by atoms with Crippen LogP contribution >= 0.6 is 0 Å². The fourth-order valence-corrected chi connectivity index (χ4v) is 4.77. The van der Waals surface area contributed by atoms with Crippen LogP contribution in [0, 0.1) is 5.82 Å². The molecule has 0 radical (unpaired) electrons. The second-order valence-corrected chi connectivity index (χ2v) is 8.30. The van der Waals surface area contributed by atoms with E-state index in [4.69, 9.17) is 14.1 Å². The van der Waals surface area contributed by atoms with Gasteiger partial charge in [0.25, 0.3) is 6.01 Å². The van der Waals surface area contributed by atoms with E-state index in [1.807, 2.05) is 12.3 Å². The monoisotopic (exact) mass is 421 g/mol. The molecule has 2 aliphatic heterocycles. The van der Waals surface area contributed by atoms with Gasteiger partial charge in [-0.3, -0.25) is 0 Å². The number of hydrogen-bond acceptors (Lipinski definition) is 6. The van der Waals surface area contributed by atoms with Crippen LogP contribution in [-0.4, -0.2) is 54.3 Å². The number of fused-ring (bicyclic) bond motifs is 2. The molecule has 5 heterocycles. The predicted octanol–water partition coefficient (Wildman–Crippen LogP) is 4.06. The molecule has 1 N–H and O–H groups in total. The van der Waals surface area contributed by atoms with Crippen molar-refractivity contribution in [2.45, 2.75) is 18.8 Å². The minimum atomic E-state index is -0.289. The summed E-state index contributed by atoms with van der Waals surface area (Å²) in [5.41, 5.74) is 4.79. The van der Waals surface area contributed by atoms with E-state index in [1.54, 1.807) is 6.07 Å². The number of pyridine rings is 1. The highest BCUT2D eigenvalue weighted by Crippen LogP contribution is 2.35. The molecule has 6 rings (SSSR count). The molecule has 160 valence electrons. The number of H-pyrrole nitrogens is 1. The first-order valence-corrected chi connectivity index (χ1v) is 10.9. The maximum Gasteiger partial charge on any atom is 0.298 e. The number of rotatable bonds is 3. The summed E-state index contributed by atoms with van der Waals surface area (Å²) in [7, 11) is 0. The summed E-state index contributed by atoms with van der Waals surface area (Å²) >= 11 is 0. The molecule has 2 aliphatic rings. The molecule has 4 aromatic rings. The van der Waals surface area contributed by atoms with E-state index in [2.05, 4.69) is 31.9 Å². The van der Waals surface area contributed by atoms with Crippen molar-refractivity contribution in [1.82, 2.24) is 15.0 Å². The number of halogens is 1. The number of nitrogens with one attached hydrogen (secondary N) is 1. The maximum atomic E-state index is 13.7. The minimum Gasteiger partial charge on any atom is -0.423 e. The van der Waals surface area contributed by atoms with Crippen molar-refractivity contribution in [2.75, 3.05) is 49.2 Å². The van der Waals surface area contributed by atoms with Crippen molar-refractivity contribution in [1.29, 1.82) is 0 Å². The van der Waals surface area contributed by atoms with E-state index < -0.39 is 0 Å². The van der Waals surface area contributed by atoms with Gasteiger partial charge in [0.2, 0.25) is 0 Å². The Balaban J connectivity index is 1.19. The highest BCUT2D eigenvalue weighted by Gasteiger charge is 2.24. The molecule has 0 unspecified atom stereocenters. The van der Waals surface area contributed by atoms with Gasteiger partial charge in [-0.25, -0.2) is 9.37 Å². The minimum absolute atomic E-state index is 0.289. The molecule has 2 saturated heterocycles. The van der Waals surface area contributed by atoms with Gasteiger partial charge in [-0.1, -0.05) is 0 Å². The van der Waals surface area contributed by atoms with Crippen LogP contribution in [0.3, 0.4) is 0 Å². The Morgan fingerprint density at radius 1 is 1.03 bits per heavy atom. The fourth-order valence-electron chi connectivity index (χ4n) is 4.77. The normalized spacial score (nSPS) is 18.4. The Labute approximate surface area is 178 Å². The van der Waals surface area contributed by atoms with Crippen molar-refractivity contribution in [3.63, 3.8) is 0 Å². The van der Waals surface area contributed by atoms with E-state index in [1.165, 1.54) is 17.4 Å². The molecular formula is C23H24FN5O2. The number of anilines is 2. The number of aromatic nitrogens is 3. The maximum absolute atomic E-state index is 13.7. The van der Waals surface area contributed by atoms with Crippen molar-refractivity contribution in [2.24, 2.45) is 0 Å². The molecule has 0 atom stereocenters. The first-order valence-electron chi connectivity index (χ1n) is 10.9. The lowest BCUT2D eigenvalue weighted by Crippen LogP contribution is -2.36. The smallest absolute Gasteiger partial charge is 0.298 e. The third-order valence-corrected chi connectivity index (χ3v) is 6.47. The molecule has 2 fully saturated rings. The van der Waals surface area contributed by atoms with Gasteiger partial charge in [0, 0.05) is 43.4 Å². The van der Waals surface area contributed by atoms with Crippen LogP contribution in [0.2, 0.25) is 0 Å². The molecule has 8 heteroatoms. The lowest BCUT2D eigenvalue weighted by atomic mass is 9.89. The molecule has 1 aromatic carbocycles. The van der Waals surface area contributed by atoms with Crippen molar-refractivity contribution in [3.8, 4) is 0 Å².